The van der Waals surface area contributed by atoms with Crippen molar-refractivity contribution < 1.29 is 9.53 Å². The van der Waals surface area contributed by atoms with Gasteiger partial charge in [-0.2, -0.15) is 0 Å². The number of thiophene rings is 1. The van der Waals surface area contributed by atoms with E-state index in [1.54, 1.807) is 24.5 Å². The number of hydrogen-bond acceptors (Lipinski definition) is 5. The molecule has 1 atom stereocenters. The molecule has 4 rings (SSSR count). The van der Waals surface area contributed by atoms with E-state index in [1.165, 1.54) is 11.3 Å². The molecule has 136 valence electrons. The van der Waals surface area contributed by atoms with Crippen molar-refractivity contribution in [3.63, 3.8) is 0 Å². The molecule has 0 aliphatic carbocycles. The van der Waals surface area contributed by atoms with Crippen LogP contribution in [0.2, 0.25) is 5.02 Å². The molecule has 0 bridgehead atoms. The highest BCUT2D eigenvalue weighted by Crippen LogP contribution is 2.38. The van der Waals surface area contributed by atoms with Gasteiger partial charge < -0.3 is 10.5 Å². The highest BCUT2D eigenvalue weighted by molar-refractivity contribution is 7.17. The van der Waals surface area contributed by atoms with Crippen LogP contribution in [0, 0.1) is 0 Å². The number of imidazole rings is 1. The van der Waals surface area contributed by atoms with Crippen LogP contribution in [0.1, 0.15) is 28.3 Å². The SMILES string of the molecule is CC(Oc1cc(-c2cnc3ncccn23)sc1C(N)=O)c1ccccc1Cl. The quantitative estimate of drug-likeness (QED) is 0.541. The number of halogens is 1. The number of benzene rings is 1. The van der Waals surface area contributed by atoms with Gasteiger partial charge in [0.05, 0.1) is 16.8 Å². The Bertz CT molecular complexity index is 1140. The van der Waals surface area contributed by atoms with Crippen LogP contribution < -0.4 is 10.5 Å². The summed E-state index contributed by atoms with van der Waals surface area (Å²) in [5.74, 6) is 0.460. The Morgan fingerprint density at radius 1 is 1.30 bits per heavy atom. The highest BCUT2D eigenvalue weighted by Gasteiger charge is 2.21. The third kappa shape index (κ3) is 3.27. The van der Waals surface area contributed by atoms with E-state index in [0.717, 1.165) is 16.1 Å². The summed E-state index contributed by atoms with van der Waals surface area (Å²) in [5, 5.41) is 0.605. The van der Waals surface area contributed by atoms with E-state index in [9.17, 15) is 4.79 Å². The van der Waals surface area contributed by atoms with Gasteiger partial charge in [-0.25, -0.2) is 9.97 Å². The molecular weight excluding hydrogens is 384 g/mol. The first kappa shape index (κ1) is 17.5. The van der Waals surface area contributed by atoms with Crippen LogP contribution in [0.15, 0.2) is 55.0 Å². The minimum Gasteiger partial charge on any atom is -0.484 e. The number of amides is 1. The fraction of sp³-hybridized carbons (Fsp3) is 0.105. The standard InChI is InChI=1S/C19H15ClN4O2S/c1-11(12-5-2-3-6-13(12)20)26-15-9-16(27-17(15)18(21)25)14-10-23-19-22-7-4-8-24(14)19/h2-11H,1H3,(H2,21,25). The van der Waals surface area contributed by atoms with Gasteiger partial charge in [0.15, 0.2) is 0 Å². The van der Waals surface area contributed by atoms with Crippen LogP contribution in [-0.4, -0.2) is 20.3 Å². The van der Waals surface area contributed by atoms with Crippen molar-refractivity contribution >= 4 is 34.6 Å². The number of carbonyl (C=O) groups is 1. The van der Waals surface area contributed by atoms with Crippen molar-refractivity contribution in [1.82, 2.24) is 14.4 Å². The maximum atomic E-state index is 11.9. The fourth-order valence-corrected chi connectivity index (χ4v) is 4.07. The molecular formula is C19H15ClN4O2S. The lowest BCUT2D eigenvalue weighted by Crippen LogP contribution is -2.12. The van der Waals surface area contributed by atoms with Gasteiger partial charge in [-0.05, 0) is 19.1 Å². The second-order valence-electron chi connectivity index (χ2n) is 5.88. The molecule has 2 N–H and O–H groups in total. The lowest BCUT2D eigenvalue weighted by atomic mass is 10.1. The van der Waals surface area contributed by atoms with Crippen LogP contribution >= 0.6 is 22.9 Å². The average molecular weight is 399 g/mol. The predicted molar refractivity (Wildman–Crippen MR) is 105 cm³/mol. The molecule has 0 saturated carbocycles. The third-order valence-corrected chi connectivity index (χ3v) is 5.61. The predicted octanol–water partition coefficient (Wildman–Crippen LogP) is 4.35. The fourth-order valence-electron chi connectivity index (χ4n) is 2.83. The van der Waals surface area contributed by atoms with Crippen LogP contribution in [0.3, 0.4) is 0 Å². The number of nitrogens with two attached hydrogens (primary N) is 1. The smallest absolute Gasteiger partial charge is 0.262 e. The van der Waals surface area contributed by atoms with E-state index in [0.29, 0.717) is 21.4 Å². The number of fused-ring (bicyclic) bond motifs is 1. The molecule has 3 heterocycles. The van der Waals surface area contributed by atoms with Gasteiger partial charge in [0, 0.05) is 29.0 Å². The molecule has 6 nitrogen and oxygen atoms in total. The number of nitrogens with zero attached hydrogens (tertiary/aromatic N) is 3. The first-order chi connectivity index (χ1) is 13.0. The molecule has 0 saturated heterocycles. The Kier molecular flexibility index (Phi) is 4.55. The van der Waals surface area contributed by atoms with Crippen LogP contribution in [0.5, 0.6) is 5.75 Å². The summed E-state index contributed by atoms with van der Waals surface area (Å²) in [5.41, 5.74) is 7.21. The van der Waals surface area contributed by atoms with Gasteiger partial charge in [-0.1, -0.05) is 29.8 Å². The zero-order chi connectivity index (χ0) is 19.0. The normalized spacial score (nSPS) is 12.2. The summed E-state index contributed by atoms with van der Waals surface area (Å²) in [7, 11) is 0. The van der Waals surface area contributed by atoms with Crippen molar-refractivity contribution in [2.75, 3.05) is 0 Å². The molecule has 1 amide bonds. The van der Waals surface area contributed by atoms with Gasteiger partial charge in [-0.15, -0.1) is 11.3 Å². The maximum Gasteiger partial charge on any atom is 0.262 e. The molecule has 8 heteroatoms. The summed E-state index contributed by atoms with van der Waals surface area (Å²) in [6.07, 6.45) is 4.90. The zero-order valence-corrected chi connectivity index (χ0v) is 15.9. The van der Waals surface area contributed by atoms with E-state index in [2.05, 4.69) is 9.97 Å². The Balaban J connectivity index is 1.73. The van der Waals surface area contributed by atoms with Gasteiger partial charge >= 0.3 is 0 Å². The number of rotatable bonds is 5. The topological polar surface area (TPSA) is 82.5 Å². The first-order valence-corrected chi connectivity index (χ1v) is 9.37. The third-order valence-electron chi connectivity index (χ3n) is 4.11. The van der Waals surface area contributed by atoms with Crippen molar-refractivity contribution in [1.29, 1.82) is 0 Å². The van der Waals surface area contributed by atoms with Crippen molar-refractivity contribution in [3.8, 4) is 16.3 Å². The van der Waals surface area contributed by atoms with Crippen LogP contribution in [-0.2, 0) is 0 Å². The minimum absolute atomic E-state index is 0.344. The number of primary amides is 1. The van der Waals surface area contributed by atoms with Gasteiger partial charge in [0.1, 0.15) is 16.7 Å². The molecule has 0 radical (unpaired) electrons. The molecule has 0 spiro atoms. The molecule has 1 aromatic carbocycles. The second kappa shape index (κ2) is 7.02. The molecule has 0 fully saturated rings. The average Bonchev–Trinajstić information content (AvgIpc) is 3.26. The number of aromatic nitrogens is 3. The highest BCUT2D eigenvalue weighted by atomic mass is 35.5. The van der Waals surface area contributed by atoms with Gasteiger partial charge in [-0.3, -0.25) is 9.20 Å². The van der Waals surface area contributed by atoms with E-state index in [4.69, 9.17) is 22.1 Å². The van der Waals surface area contributed by atoms with Gasteiger partial charge in [0.2, 0.25) is 5.78 Å². The number of hydrogen-bond donors (Lipinski definition) is 1. The Hall–Kier alpha value is -2.90. The summed E-state index contributed by atoms with van der Waals surface area (Å²) in [6, 6.07) is 11.1. The minimum atomic E-state index is -0.542. The first-order valence-electron chi connectivity index (χ1n) is 8.17. The molecule has 1 unspecified atom stereocenters. The Morgan fingerprint density at radius 3 is 2.89 bits per heavy atom. The summed E-state index contributed by atoms with van der Waals surface area (Å²) in [6.45, 7) is 1.88. The van der Waals surface area contributed by atoms with Crippen LogP contribution in [0.4, 0.5) is 0 Å². The molecule has 27 heavy (non-hydrogen) atoms. The molecule has 3 aromatic heterocycles. The van der Waals surface area contributed by atoms with E-state index < -0.39 is 5.91 Å². The largest absolute Gasteiger partial charge is 0.484 e. The molecule has 0 aliphatic rings. The van der Waals surface area contributed by atoms with Crippen LogP contribution in [0.25, 0.3) is 16.3 Å². The van der Waals surface area contributed by atoms with Crippen molar-refractivity contribution in [2.45, 2.75) is 13.0 Å². The van der Waals surface area contributed by atoms with E-state index in [1.807, 2.05) is 41.8 Å². The second-order valence-corrected chi connectivity index (χ2v) is 7.34. The maximum absolute atomic E-state index is 11.9. The summed E-state index contributed by atoms with van der Waals surface area (Å²) < 4.78 is 7.89. The van der Waals surface area contributed by atoms with Gasteiger partial charge in [0.25, 0.3) is 5.91 Å². The zero-order valence-electron chi connectivity index (χ0n) is 14.3. The molecule has 4 aromatic rings. The van der Waals surface area contributed by atoms with E-state index in [-0.39, 0.29) is 6.10 Å². The summed E-state index contributed by atoms with van der Waals surface area (Å²) in [4.78, 5) is 21.6. The Morgan fingerprint density at radius 2 is 2.11 bits per heavy atom. The lowest BCUT2D eigenvalue weighted by molar-refractivity contribution is 0.0998. The summed E-state index contributed by atoms with van der Waals surface area (Å²) >= 11 is 7.51. The molecule has 0 aliphatic heterocycles. The monoisotopic (exact) mass is 398 g/mol. The number of ether oxygens (including phenoxy) is 1. The van der Waals surface area contributed by atoms with E-state index >= 15 is 0 Å². The van der Waals surface area contributed by atoms with Crippen molar-refractivity contribution in [3.05, 3.63) is 70.5 Å². The number of carbonyl (C=O) groups excluding carboxylic acids is 1. The lowest BCUT2D eigenvalue weighted by Gasteiger charge is -2.16. The van der Waals surface area contributed by atoms with Crippen molar-refractivity contribution in [2.24, 2.45) is 5.73 Å². The Labute approximate surface area is 164 Å².